The van der Waals surface area contributed by atoms with Crippen LogP contribution in [0.1, 0.15) is 22.2 Å². The predicted molar refractivity (Wildman–Crippen MR) is 98.4 cm³/mol. The van der Waals surface area contributed by atoms with Crippen LogP contribution in [0.5, 0.6) is 5.75 Å². The lowest BCUT2D eigenvalue weighted by Gasteiger charge is -2.35. The Kier molecular flexibility index (Phi) is 4.61. The highest BCUT2D eigenvalue weighted by Crippen LogP contribution is 2.34. The first-order valence-corrected chi connectivity index (χ1v) is 8.67. The molecule has 1 amide bonds. The predicted octanol–water partition coefficient (Wildman–Crippen LogP) is 3.29. The Hall–Kier alpha value is -3.56. The molecule has 3 aromatic rings. The molecule has 4 rings (SSSR count). The maximum atomic E-state index is 12.5. The molecule has 0 radical (unpaired) electrons. The van der Waals surface area contributed by atoms with E-state index in [0.717, 1.165) is 5.69 Å². The molecule has 7 nitrogen and oxygen atoms in total. The Labute approximate surface area is 163 Å². The van der Waals surface area contributed by atoms with E-state index in [2.05, 4.69) is 20.7 Å². The van der Waals surface area contributed by atoms with E-state index in [1.165, 1.54) is 12.1 Å². The van der Waals surface area contributed by atoms with Gasteiger partial charge in [0.15, 0.2) is 6.61 Å². The van der Waals surface area contributed by atoms with Gasteiger partial charge >= 0.3 is 6.18 Å². The van der Waals surface area contributed by atoms with Crippen LogP contribution in [0.3, 0.4) is 0 Å². The van der Waals surface area contributed by atoms with E-state index in [0.29, 0.717) is 22.5 Å². The summed E-state index contributed by atoms with van der Waals surface area (Å²) in [5, 5.41) is 13.8. The fraction of sp³-hybridized carbons (Fsp3) is 0.211. The molecule has 1 aliphatic rings. The molecule has 1 atom stereocenters. The number of hydrogen-bond acceptors (Lipinski definition) is 5. The van der Waals surface area contributed by atoms with Crippen LogP contribution in [0, 0.1) is 0 Å². The van der Waals surface area contributed by atoms with E-state index in [9.17, 15) is 18.0 Å². The van der Waals surface area contributed by atoms with Crippen molar-refractivity contribution in [2.75, 3.05) is 18.6 Å². The third-order valence-electron chi connectivity index (χ3n) is 4.55. The smallest absolute Gasteiger partial charge is 0.422 e. The van der Waals surface area contributed by atoms with E-state index in [1.54, 1.807) is 24.3 Å². The van der Waals surface area contributed by atoms with Crippen molar-refractivity contribution in [2.45, 2.75) is 12.3 Å². The number of fused-ring (bicyclic) bond motifs is 1. The van der Waals surface area contributed by atoms with Crippen molar-refractivity contribution in [2.24, 2.45) is 0 Å². The van der Waals surface area contributed by atoms with E-state index in [1.807, 2.05) is 24.1 Å². The van der Waals surface area contributed by atoms with E-state index in [-0.39, 0.29) is 11.7 Å². The molecule has 2 N–H and O–H groups in total. The summed E-state index contributed by atoms with van der Waals surface area (Å²) in [6.45, 7) is -1.36. The number of anilines is 1. The van der Waals surface area contributed by atoms with Crippen LogP contribution < -0.4 is 15.0 Å². The number of ether oxygens (including phenoxy) is 1. The number of carbonyl (C=O) groups is 1. The number of nitrogens with zero attached hydrogens (tertiary/aromatic N) is 3. The summed E-state index contributed by atoms with van der Waals surface area (Å²) < 4.78 is 41.6. The van der Waals surface area contributed by atoms with Crippen molar-refractivity contribution in [3.8, 4) is 17.0 Å². The standard InChI is InChI=1S/C19H16F3N5O2/c1-27-14-5-3-2-4-13(14)18(28)23-17(27)16-15(24-26-25-16)11-6-8-12(9-7-11)29-10-19(20,21)22/h2-9,17H,10H2,1H3,(H,23,28)(H,24,25,26). The minimum absolute atomic E-state index is 0.0909. The maximum Gasteiger partial charge on any atom is 0.422 e. The topological polar surface area (TPSA) is 83.1 Å². The first-order valence-electron chi connectivity index (χ1n) is 8.67. The molecule has 0 fully saturated rings. The first kappa shape index (κ1) is 18.8. The van der Waals surface area contributed by atoms with Crippen LogP contribution in [0.2, 0.25) is 0 Å². The lowest BCUT2D eigenvalue weighted by Crippen LogP contribution is -2.45. The Morgan fingerprint density at radius 3 is 2.55 bits per heavy atom. The van der Waals surface area contributed by atoms with Crippen LogP contribution in [0.4, 0.5) is 18.9 Å². The highest BCUT2D eigenvalue weighted by molar-refractivity contribution is 6.02. The number of aromatic nitrogens is 3. The van der Waals surface area contributed by atoms with E-state index < -0.39 is 18.9 Å². The number of amides is 1. The van der Waals surface area contributed by atoms with Gasteiger partial charge in [0.25, 0.3) is 5.91 Å². The number of alkyl halides is 3. The van der Waals surface area contributed by atoms with Crippen LogP contribution in [-0.4, -0.2) is 41.1 Å². The number of aromatic amines is 1. The van der Waals surface area contributed by atoms with Crippen molar-refractivity contribution in [1.82, 2.24) is 20.7 Å². The number of para-hydroxylation sites is 1. The van der Waals surface area contributed by atoms with Gasteiger partial charge in [0.2, 0.25) is 0 Å². The monoisotopic (exact) mass is 403 g/mol. The molecule has 0 bridgehead atoms. The third kappa shape index (κ3) is 3.73. The van der Waals surface area contributed by atoms with Gasteiger partial charge in [0.1, 0.15) is 23.3 Å². The second-order valence-corrected chi connectivity index (χ2v) is 6.49. The molecular formula is C19H16F3N5O2. The normalized spacial score (nSPS) is 16.3. The number of carbonyl (C=O) groups excluding carboxylic acids is 1. The average Bonchev–Trinajstić information content (AvgIpc) is 3.18. The van der Waals surface area contributed by atoms with Gasteiger partial charge in [-0.1, -0.05) is 12.1 Å². The van der Waals surface area contributed by atoms with Gasteiger partial charge in [0, 0.05) is 12.6 Å². The highest BCUT2D eigenvalue weighted by Gasteiger charge is 2.33. The average molecular weight is 403 g/mol. The molecule has 1 unspecified atom stereocenters. The largest absolute Gasteiger partial charge is 0.484 e. The SMILES string of the molecule is CN1c2ccccc2C(=O)NC1c1n[nH]nc1-c1ccc(OCC(F)(F)F)cc1. The Morgan fingerprint density at radius 2 is 1.83 bits per heavy atom. The third-order valence-corrected chi connectivity index (χ3v) is 4.55. The lowest BCUT2D eigenvalue weighted by molar-refractivity contribution is -0.153. The Morgan fingerprint density at radius 1 is 1.10 bits per heavy atom. The van der Waals surface area contributed by atoms with Crippen molar-refractivity contribution in [3.63, 3.8) is 0 Å². The number of rotatable bonds is 4. The number of nitrogens with one attached hydrogen (secondary N) is 2. The minimum Gasteiger partial charge on any atom is -0.484 e. The molecule has 1 aliphatic heterocycles. The van der Waals surface area contributed by atoms with Gasteiger partial charge in [-0.05, 0) is 36.4 Å². The number of halogens is 3. The highest BCUT2D eigenvalue weighted by atomic mass is 19.4. The van der Waals surface area contributed by atoms with Crippen molar-refractivity contribution in [1.29, 1.82) is 0 Å². The Balaban J connectivity index is 1.60. The van der Waals surface area contributed by atoms with Crippen LogP contribution >= 0.6 is 0 Å². The molecule has 0 saturated heterocycles. The summed E-state index contributed by atoms with van der Waals surface area (Å²) in [6, 6.07) is 13.2. The zero-order valence-corrected chi connectivity index (χ0v) is 15.2. The van der Waals surface area contributed by atoms with Gasteiger partial charge in [-0.3, -0.25) is 4.79 Å². The molecule has 29 heavy (non-hydrogen) atoms. The van der Waals surface area contributed by atoms with Crippen molar-refractivity contribution >= 4 is 11.6 Å². The number of hydrogen-bond donors (Lipinski definition) is 2. The summed E-state index contributed by atoms with van der Waals surface area (Å²) in [6.07, 6.45) is -4.97. The number of benzene rings is 2. The molecule has 150 valence electrons. The van der Waals surface area contributed by atoms with Gasteiger partial charge in [0.05, 0.1) is 11.3 Å². The fourth-order valence-electron chi connectivity index (χ4n) is 3.18. The molecule has 0 aliphatic carbocycles. The second kappa shape index (κ2) is 7.12. The van der Waals surface area contributed by atoms with Gasteiger partial charge in [-0.2, -0.15) is 28.6 Å². The quantitative estimate of drug-likeness (QED) is 0.699. The molecule has 0 spiro atoms. The van der Waals surface area contributed by atoms with Crippen LogP contribution in [0.15, 0.2) is 48.5 Å². The first-order chi connectivity index (χ1) is 13.8. The molecule has 10 heteroatoms. The Bertz CT molecular complexity index is 1030. The molecule has 2 heterocycles. The zero-order valence-electron chi connectivity index (χ0n) is 15.2. The van der Waals surface area contributed by atoms with Gasteiger partial charge in [-0.25, -0.2) is 0 Å². The summed E-state index contributed by atoms with van der Waals surface area (Å²) >= 11 is 0. The maximum absolute atomic E-state index is 12.5. The summed E-state index contributed by atoms with van der Waals surface area (Å²) in [7, 11) is 1.83. The zero-order chi connectivity index (χ0) is 20.6. The van der Waals surface area contributed by atoms with Gasteiger partial charge in [-0.15, -0.1) is 0 Å². The van der Waals surface area contributed by atoms with Crippen molar-refractivity contribution < 1.29 is 22.7 Å². The van der Waals surface area contributed by atoms with Crippen LogP contribution in [-0.2, 0) is 0 Å². The molecule has 1 aromatic heterocycles. The fourth-order valence-corrected chi connectivity index (χ4v) is 3.18. The summed E-state index contributed by atoms with van der Waals surface area (Å²) in [5.41, 5.74) is 2.89. The minimum atomic E-state index is -4.40. The molecule has 2 aromatic carbocycles. The summed E-state index contributed by atoms with van der Waals surface area (Å²) in [5.74, 6) is -0.137. The second-order valence-electron chi connectivity index (χ2n) is 6.49. The molecular weight excluding hydrogens is 387 g/mol. The number of H-pyrrole nitrogens is 1. The van der Waals surface area contributed by atoms with E-state index >= 15 is 0 Å². The van der Waals surface area contributed by atoms with Crippen LogP contribution in [0.25, 0.3) is 11.3 Å². The lowest BCUT2D eigenvalue weighted by atomic mass is 10.0. The van der Waals surface area contributed by atoms with Gasteiger partial charge < -0.3 is 15.0 Å². The van der Waals surface area contributed by atoms with Crippen molar-refractivity contribution in [3.05, 3.63) is 59.8 Å². The van der Waals surface area contributed by atoms with E-state index in [4.69, 9.17) is 4.74 Å². The molecule has 0 saturated carbocycles. The summed E-state index contributed by atoms with van der Waals surface area (Å²) in [4.78, 5) is 14.4.